The number of hydrogen-bond acceptors (Lipinski definition) is 6. The van der Waals surface area contributed by atoms with E-state index in [1.807, 2.05) is 6.29 Å². The Morgan fingerprint density at radius 3 is 2.22 bits per heavy atom. The molecule has 1 unspecified atom stereocenters. The van der Waals surface area contributed by atoms with Crippen LogP contribution in [0.5, 0.6) is 11.5 Å². The molecule has 0 spiro atoms. The molecule has 0 aliphatic carbocycles. The summed E-state index contributed by atoms with van der Waals surface area (Å²) in [6, 6.07) is 10.9. The molecule has 7 nitrogen and oxygen atoms in total. The zero-order valence-corrected chi connectivity index (χ0v) is 15.4. The van der Waals surface area contributed by atoms with Crippen molar-refractivity contribution >= 4 is 17.8 Å². The molecule has 0 N–H and O–H groups in total. The summed E-state index contributed by atoms with van der Waals surface area (Å²) in [6.45, 7) is 1.34. The molecule has 0 aromatic heterocycles. The highest BCUT2D eigenvalue weighted by Gasteiger charge is 2.38. The second kappa shape index (κ2) is 8.44. The van der Waals surface area contributed by atoms with Crippen molar-refractivity contribution in [2.24, 2.45) is 0 Å². The normalized spacial score (nSPS) is 12.7. The molecule has 2 aromatic carbocycles. The van der Waals surface area contributed by atoms with Crippen LogP contribution in [0.15, 0.2) is 42.5 Å². The van der Waals surface area contributed by atoms with Gasteiger partial charge in [-0.2, -0.15) is 0 Å². The maximum atomic E-state index is 12.4. The Bertz CT molecular complexity index is 846. The lowest BCUT2D eigenvalue weighted by molar-refractivity contribution is -0.384. The Hall–Kier alpha value is -3.22. The summed E-state index contributed by atoms with van der Waals surface area (Å²) in [4.78, 5) is 34.5. The maximum absolute atomic E-state index is 12.4. The minimum Gasteiger partial charge on any atom is -0.493 e. The van der Waals surface area contributed by atoms with Crippen molar-refractivity contribution in [3.63, 3.8) is 0 Å². The first kappa shape index (κ1) is 20.1. The number of non-ortho nitro benzene ring substituents is 1. The van der Waals surface area contributed by atoms with Gasteiger partial charge in [0.2, 0.25) is 6.29 Å². The molecule has 27 heavy (non-hydrogen) atoms. The van der Waals surface area contributed by atoms with Crippen LogP contribution >= 0.6 is 0 Å². The lowest BCUT2D eigenvalue weighted by Crippen LogP contribution is -2.36. The van der Waals surface area contributed by atoms with Gasteiger partial charge in [0.05, 0.1) is 19.1 Å². The van der Waals surface area contributed by atoms with Crippen LogP contribution < -0.4 is 9.47 Å². The maximum Gasteiger partial charge on any atom is 0.269 e. The van der Waals surface area contributed by atoms with Crippen molar-refractivity contribution in [2.45, 2.75) is 25.2 Å². The van der Waals surface area contributed by atoms with Crippen LogP contribution in [0.3, 0.4) is 0 Å². The van der Waals surface area contributed by atoms with Crippen LogP contribution in [-0.2, 0) is 21.4 Å². The molecule has 1 radical (unpaired) electrons. The number of ketones is 1. The fourth-order valence-electron chi connectivity index (χ4n) is 2.92. The van der Waals surface area contributed by atoms with Crippen LogP contribution in [0.25, 0.3) is 0 Å². The zero-order valence-electron chi connectivity index (χ0n) is 15.4. The third kappa shape index (κ3) is 4.13. The van der Waals surface area contributed by atoms with Gasteiger partial charge in [0.25, 0.3) is 5.69 Å². The van der Waals surface area contributed by atoms with E-state index < -0.39 is 10.3 Å². The van der Waals surface area contributed by atoms with Gasteiger partial charge < -0.3 is 9.47 Å². The standard InChI is InChI=1S/C20H20NO6/c1-14(23)20(13-22,16-6-9-18(26-2)19(12-16)27-3)11-10-15-4-7-17(8-5-15)21(24)25/h4-9,12H,10-11H2,1-3H3. The molecule has 0 aliphatic heterocycles. The van der Waals surface area contributed by atoms with Crippen molar-refractivity contribution in [2.75, 3.05) is 14.2 Å². The van der Waals surface area contributed by atoms with E-state index in [0.717, 1.165) is 5.56 Å². The van der Waals surface area contributed by atoms with E-state index in [9.17, 15) is 19.7 Å². The summed E-state index contributed by atoms with van der Waals surface area (Å²) in [5, 5.41) is 10.8. The van der Waals surface area contributed by atoms with Crippen LogP contribution in [0.2, 0.25) is 0 Å². The second-order valence-corrected chi connectivity index (χ2v) is 6.06. The lowest BCUT2D eigenvalue weighted by Gasteiger charge is -2.25. The number of carbonyl (C=O) groups is 1. The highest BCUT2D eigenvalue weighted by molar-refractivity contribution is 6.03. The third-order valence-electron chi connectivity index (χ3n) is 4.59. The van der Waals surface area contributed by atoms with E-state index in [1.54, 1.807) is 30.3 Å². The molecule has 0 heterocycles. The van der Waals surface area contributed by atoms with E-state index in [2.05, 4.69) is 0 Å². The predicted molar refractivity (Wildman–Crippen MR) is 99.0 cm³/mol. The smallest absolute Gasteiger partial charge is 0.269 e. The summed E-state index contributed by atoms with van der Waals surface area (Å²) < 4.78 is 10.5. The monoisotopic (exact) mass is 370 g/mol. The summed E-state index contributed by atoms with van der Waals surface area (Å²) in [5.41, 5.74) is -0.230. The number of nitrogens with zero attached hydrogens (tertiary/aromatic N) is 1. The number of ether oxygens (including phenoxy) is 2. The number of carbonyl (C=O) groups excluding carboxylic acids is 2. The van der Waals surface area contributed by atoms with Gasteiger partial charge >= 0.3 is 0 Å². The second-order valence-electron chi connectivity index (χ2n) is 6.06. The molecular weight excluding hydrogens is 350 g/mol. The summed E-state index contributed by atoms with van der Waals surface area (Å²) in [5.74, 6) is 0.554. The van der Waals surface area contributed by atoms with E-state index in [0.29, 0.717) is 23.5 Å². The minimum absolute atomic E-state index is 0.0154. The van der Waals surface area contributed by atoms with Gasteiger partial charge in [-0.15, -0.1) is 0 Å². The zero-order chi connectivity index (χ0) is 20.0. The van der Waals surface area contributed by atoms with Crippen molar-refractivity contribution in [3.05, 3.63) is 63.7 Å². The fourth-order valence-corrected chi connectivity index (χ4v) is 2.92. The number of nitro groups is 1. The molecule has 141 valence electrons. The van der Waals surface area contributed by atoms with Crippen molar-refractivity contribution in [1.29, 1.82) is 0 Å². The number of nitro benzene ring substituents is 1. The lowest BCUT2D eigenvalue weighted by atomic mass is 9.74. The predicted octanol–water partition coefficient (Wildman–Crippen LogP) is 3.18. The van der Waals surface area contributed by atoms with Crippen molar-refractivity contribution in [3.8, 4) is 11.5 Å². The number of Topliss-reactive ketones (excluding diaryl/α,β-unsaturated/α-hetero) is 1. The Labute approximate surface area is 157 Å². The SMILES string of the molecule is COc1ccc(C([C]=O)(CCc2ccc([N+](=O)[O-])cc2)C(C)=O)cc1OC. The Morgan fingerprint density at radius 2 is 1.74 bits per heavy atom. The molecular formula is C20H20NO6. The van der Waals surface area contributed by atoms with Crippen LogP contribution in [0.4, 0.5) is 5.69 Å². The van der Waals surface area contributed by atoms with E-state index in [4.69, 9.17) is 9.47 Å². The molecule has 0 bridgehead atoms. The molecule has 0 amide bonds. The van der Waals surface area contributed by atoms with Crippen LogP contribution in [-0.4, -0.2) is 31.2 Å². The quantitative estimate of drug-likeness (QED) is 0.382. The highest BCUT2D eigenvalue weighted by Crippen LogP contribution is 2.35. The number of hydrogen-bond donors (Lipinski definition) is 0. The first-order chi connectivity index (χ1) is 12.9. The minimum atomic E-state index is -1.46. The third-order valence-corrected chi connectivity index (χ3v) is 4.59. The van der Waals surface area contributed by atoms with E-state index in [-0.39, 0.29) is 17.9 Å². The van der Waals surface area contributed by atoms with Gasteiger partial charge in [0.15, 0.2) is 11.5 Å². The number of methoxy groups -OCH3 is 2. The summed E-state index contributed by atoms with van der Waals surface area (Å²) in [6.07, 6.45) is 2.47. The summed E-state index contributed by atoms with van der Waals surface area (Å²) in [7, 11) is 2.97. The molecule has 7 heteroatoms. The topological polar surface area (TPSA) is 95.7 Å². The van der Waals surface area contributed by atoms with Crippen LogP contribution in [0.1, 0.15) is 24.5 Å². The molecule has 0 saturated carbocycles. The Morgan fingerprint density at radius 1 is 1.11 bits per heavy atom. The van der Waals surface area contributed by atoms with Gasteiger partial charge in [-0.05, 0) is 43.0 Å². The summed E-state index contributed by atoms with van der Waals surface area (Å²) >= 11 is 0. The molecule has 0 saturated heterocycles. The first-order valence-electron chi connectivity index (χ1n) is 8.24. The first-order valence-corrected chi connectivity index (χ1v) is 8.24. The molecule has 0 fully saturated rings. The van der Waals surface area contributed by atoms with Gasteiger partial charge in [-0.25, -0.2) is 0 Å². The molecule has 2 rings (SSSR count). The molecule has 1 atom stereocenters. The molecule has 2 aromatic rings. The highest BCUT2D eigenvalue weighted by atomic mass is 16.6. The Balaban J connectivity index is 2.35. The van der Waals surface area contributed by atoms with Gasteiger partial charge in [0.1, 0.15) is 11.2 Å². The van der Waals surface area contributed by atoms with Crippen molar-refractivity contribution < 1.29 is 24.0 Å². The van der Waals surface area contributed by atoms with Crippen molar-refractivity contribution in [1.82, 2.24) is 0 Å². The van der Waals surface area contributed by atoms with Gasteiger partial charge in [0, 0.05) is 12.1 Å². The largest absolute Gasteiger partial charge is 0.493 e. The van der Waals surface area contributed by atoms with Crippen LogP contribution in [0, 0.1) is 10.1 Å². The number of rotatable bonds is 9. The Kier molecular flexibility index (Phi) is 6.28. The fraction of sp³-hybridized carbons (Fsp3) is 0.300. The average Bonchev–Trinajstić information content (AvgIpc) is 2.68. The van der Waals surface area contributed by atoms with Gasteiger partial charge in [-0.1, -0.05) is 18.2 Å². The number of benzene rings is 2. The average molecular weight is 370 g/mol. The number of aryl methyl sites for hydroxylation is 1. The van der Waals surface area contributed by atoms with Gasteiger partial charge in [-0.3, -0.25) is 19.7 Å². The molecule has 0 aliphatic rings. The van der Waals surface area contributed by atoms with E-state index in [1.165, 1.54) is 33.3 Å². The van der Waals surface area contributed by atoms with E-state index >= 15 is 0 Å².